The normalized spacial score (nSPS) is 39.2. The number of ketones is 1. The van der Waals surface area contributed by atoms with Crippen molar-refractivity contribution in [3.05, 3.63) is 0 Å². The van der Waals surface area contributed by atoms with Crippen molar-refractivity contribution < 1.29 is 9.53 Å². The Balaban J connectivity index is 2.94. The Morgan fingerprint density at radius 2 is 1.81 bits per heavy atom. The molecule has 1 saturated heterocycles. The quantitative estimate of drug-likeness (QED) is 0.828. The summed E-state index contributed by atoms with van der Waals surface area (Å²) >= 11 is 0. The molecule has 0 spiro atoms. The summed E-state index contributed by atoms with van der Waals surface area (Å²) < 4.78 is 5.49. The number of fused-ring (bicyclic) bond motifs is 2. The highest BCUT2D eigenvalue weighted by Gasteiger charge is 2.86. The van der Waals surface area contributed by atoms with E-state index in [9.17, 15) is 20.6 Å². The lowest BCUT2D eigenvalue weighted by molar-refractivity contribution is -0.131. The van der Waals surface area contributed by atoms with Crippen molar-refractivity contribution in [2.45, 2.75) is 33.3 Å². The number of carbonyl (C=O) groups is 1. The predicted molar refractivity (Wildman–Crippen MR) is 71.4 cm³/mol. The molecular weight excluding hydrogens is 268 g/mol. The molecule has 6 heteroatoms. The first-order valence-corrected chi connectivity index (χ1v) is 6.72. The highest BCUT2D eigenvalue weighted by Crippen LogP contribution is 2.71. The maximum absolute atomic E-state index is 12.2. The van der Waals surface area contributed by atoms with Crippen LogP contribution in [0.4, 0.5) is 0 Å². The van der Waals surface area contributed by atoms with Crippen LogP contribution < -0.4 is 0 Å². The summed E-state index contributed by atoms with van der Waals surface area (Å²) in [5.74, 6) is -2.09. The summed E-state index contributed by atoms with van der Waals surface area (Å²) in [5, 5.41) is 37.2. The number of hydrogen-bond donors (Lipinski definition) is 1. The molecule has 1 heterocycles. The summed E-state index contributed by atoms with van der Waals surface area (Å²) in [7, 11) is 0. The molecule has 0 amide bonds. The van der Waals surface area contributed by atoms with Gasteiger partial charge in [0.25, 0.3) is 0 Å². The fourth-order valence-corrected chi connectivity index (χ4v) is 4.38. The van der Waals surface area contributed by atoms with Gasteiger partial charge in [-0.05, 0) is 19.8 Å². The van der Waals surface area contributed by atoms with E-state index < -0.39 is 28.3 Å². The van der Waals surface area contributed by atoms with Gasteiger partial charge in [0.2, 0.25) is 11.3 Å². The Morgan fingerprint density at radius 1 is 1.29 bits per heavy atom. The third kappa shape index (κ3) is 1.21. The molecule has 6 nitrogen and oxygen atoms in total. The van der Waals surface area contributed by atoms with Crippen LogP contribution in [0.2, 0.25) is 0 Å². The fraction of sp³-hybridized carbons (Fsp3) is 0.667. The van der Waals surface area contributed by atoms with E-state index in [0.29, 0.717) is 0 Å². The molecule has 1 saturated carbocycles. The van der Waals surface area contributed by atoms with Crippen LogP contribution in [0.1, 0.15) is 27.7 Å². The lowest BCUT2D eigenvalue weighted by atomic mass is 9.61. The number of hydrogen-bond acceptors (Lipinski definition) is 6. The van der Waals surface area contributed by atoms with Crippen LogP contribution in [0, 0.1) is 68.0 Å². The molecule has 2 aliphatic rings. The summed E-state index contributed by atoms with van der Waals surface area (Å²) in [5.41, 5.74) is -5.02. The average Bonchev–Trinajstić information content (AvgIpc) is 2.72. The molecule has 21 heavy (non-hydrogen) atoms. The summed E-state index contributed by atoms with van der Waals surface area (Å²) in [6.07, 6.45) is 0. The van der Waals surface area contributed by atoms with Crippen LogP contribution in [0.25, 0.3) is 0 Å². The molecule has 2 rings (SSSR count). The van der Waals surface area contributed by atoms with Gasteiger partial charge in [0, 0.05) is 5.92 Å². The number of nitrogens with one attached hydrogen (secondary N) is 1. The van der Waals surface area contributed by atoms with E-state index >= 15 is 0 Å². The van der Waals surface area contributed by atoms with Gasteiger partial charge in [0.15, 0.2) is 11.0 Å². The molecule has 0 aromatic carbocycles. The minimum absolute atomic E-state index is 0.148. The van der Waals surface area contributed by atoms with E-state index in [1.54, 1.807) is 0 Å². The van der Waals surface area contributed by atoms with Crippen LogP contribution in [0.15, 0.2) is 0 Å². The van der Waals surface area contributed by atoms with Gasteiger partial charge >= 0.3 is 0 Å². The Morgan fingerprint density at radius 3 is 2.14 bits per heavy atom. The highest BCUT2D eigenvalue weighted by atomic mass is 16.5. The molecular formula is C15H16N4O2. The fourth-order valence-electron chi connectivity index (χ4n) is 4.38. The molecule has 108 valence electrons. The van der Waals surface area contributed by atoms with E-state index in [4.69, 9.17) is 10.1 Å². The first kappa shape index (κ1) is 15.0. The standard InChI is InChI=1S/C15H16N4O2/c1-8(2)10-11(9(3)20)13(4)14(5-16,6-17)15(10,7-18)12(19)21-13/h8,10-11,19H,1-4H3. The second kappa shape index (κ2) is 4.06. The van der Waals surface area contributed by atoms with E-state index in [-0.39, 0.29) is 17.6 Å². The van der Waals surface area contributed by atoms with Gasteiger partial charge in [0.05, 0.1) is 24.1 Å². The SMILES string of the molecule is CC(=O)C1C(C(C)C)C2(C#N)C(=N)OC1(C)C2(C#N)C#N. The van der Waals surface area contributed by atoms with Crippen LogP contribution in [0.3, 0.4) is 0 Å². The molecule has 4 atom stereocenters. The monoisotopic (exact) mass is 284 g/mol. The zero-order valence-electron chi connectivity index (χ0n) is 12.4. The molecule has 1 aliphatic heterocycles. The minimum Gasteiger partial charge on any atom is -0.470 e. The number of rotatable bonds is 2. The largest absolute Gasteiger partial charge is 0.470 e. The molecule has 1 aliphatic carbocycles. The van der Waals surface area contributed by atoms with Crippen molar-refractivity contribution in [2.75, 3.05) is 0 Å². The topological polar surface area (TPSA) is 122 Å². The van der Waals surface area contributed by atoms with Crippen LogP contribution in [-0.2, 0) is 9.53 Å². The van der Waals surface area contributed by atoms with Crippen molar-refractivity contribution in [1.82, 2.24) is 0 Å². The maximum atomic E-state index is 12.2. The summed E-state index contributed by atoms with van der Waals surface area (Å²) in [4.78, 5) is 12.2. The van der Waals surface area contributed by atoms with E-state index in [0.717, 1.165) is 0 Å². The van der Waals surface area contributed by atoms with Gasteiger partial charge in [-0.1, -0.05) is 13.8 Å². The average molecular weight is 284 g/mol. The molecule has 2 fully saturated rings. The Kier molecular flexibility index (Phi) is 2.90. The predicted octanol–water partition coefficient (Wildman–Crippen LogP) is 1.79. The lowest BCUT2D eigenvalue weighted by Crippen LogP contribution is -2.48. The first-order valence-electron chi connectivity index (χ1n) is 6.72. The van der Waals surface area contributed by atoms with Crippen molar-refractivity contribution in [1.29, 1.82) is 21.2 Å². The number of Topliss-reactive ketones (excluding diaryl/α,β-unsaturated/α-hetero) is 1. The van der Waals surface area contributed by atoms with Gasteiger partial charge in [-0.25, -0.2) is 0 Å². The van der Waals surface area contributed by atoms with Gasteiger partial charge < -0.3 is 4.74 Å². The molecule has 4 unspecified atom stereocenters. The third-order valence-corrected chi connectivity index (χ3v) is 5.13. The van der Waals surface area contributed by atoms with Gasteiger partial charge in [-0.2, -0.15) is 15.8 Å². The van der Waals surface area contributed by atoms with Crippen LogP contribution >= 0.6 is 0 Å². The summed E-state index contributed by atoms with van der Waals surface area (Å²) in [6, 6.07) is 5.85. The van der Waals surface area contributed by atoms with Crippen molar-refractivity contribution in [3.8, 4) is 18.2 Å². The van der Waals surface area contributed by atoms with Crippen molar-refractivity contribution in [3.63, 3.8) is 0 Å². The minimum atomic E-state index is -1.85. The van der Waals surface area contributed by atoms with E-state index in [1.807, 2.05) is 32.1 Å². The van der Waals surface area contributed by atoms with Crippen LogP contribution in [-0.4, -0.2) is 17.3 Å². The number of nitriles is 3. The van der Waals surface area contributed by atoms with Gasteiger partial charge in [-0.3, -0.25) is 10.2 Å². The molecule has 1 N–H and O–H groups in total. The highest BCUT2D eigenvalue weighted by molar-refractivity contribution is 5.95. The number of nitrogens with zero attached hydrogens (tertiary/aromatic N) is 3. The van der Waals surface area contributed by atoms with Crippen LogP contribution in [0.5, 0.6) is 0 Å². The van der Waals surface area contributed by atoms with E-state index in [2.05, 4.69) is 0 Å². The molecule has 2 bridgehead atoms. The molecule has 0 radical (unpaired) electrons. The van der Waals surface area contributed by atoms with Crippen molar-refractivity contribution in [2.24, 2.45) is 28.6 Å². The first-order chi connectivity index (χ1) is 9.70. The smallest absolute Gasteiger partial charge is 0.210 e. The third-order valence-electron chi connectivity index (χ3n) is 5.13. The lowest BCUT2D eigenvalue weighted by Gasteiger charge is -2.39. The van der Waals surface area contributed by atoms with Gasteiger partial charge in [0.1, 0.15) is 5.78 Å². The number of ether oxygens (including phenoxy) is 1. The Hall–Kier alpha value is -2.39. The Bertz CT molecular complexity index is 649. The zero-order valence-corrected chi connectivity index (χ0v) is 12.4. The van der Waals surface area contributed by atoms with Gasteiger partial charge in [-0.15, -0.1) is 0 Å². The zero-order chi connectivity index (χ0) is 16.2. The van der Waals surface area contributed by atoms with Crippen molar-refractivity contribution >= 4 is 11.7 Å². The maximum Gasteiger partial charge on any atom is 0.210 e. The number of carbonyl (C=O) groups excluding carboxylic acids is 1. The molecule has 0 aromatic heterocycles. The Labute approximate surface area is 123 Å². The summed E-state index contributed by atoms with van der Waals surface area (Å²) in [6.45, 7) is 6.54. The van der Waals surface area contributed by atoms with E-state index in [1.165, 1.54) is 13.8 Å². The molecule has 0 aromatic rings. The second-order valence-electron chi connectivity index (χ2n) is 6.29. The second-order valence-corrected chi connectivity index (χ2v) is 6.29.